The third-order valence-electron chi connectivity index (χ3n) is 2.50. The molecule has 1 aliphatic heterocycles. The van der Waals surface area contributed by atoms with E-state index in [4.69, 9.17) is 4.74 Å². The van der Waals surface area contributed by atoms with Gasteiger partial charge in [-0.25, -0.2) is 0 Å². The second-order valence-corrected chi connectivity index (χ2v) is 3.89. The molecule has 0 atom stereocenters. The van der Waals surface area contributed by atoms with Crippen LogP contribution in [-0.2, 0) is 9.53 Å². The van der Waals surface area contributed by atoms with Crippen LogP contribution in [0.3, 0.4) is 0 Å². The number of aliphatic imine (C=N–C) groups is 1. The van der Waals surface area contributed by atoms with Crippen LogP contribution in [0, 0.1) is 11.8 Å². The molecule has 0 aromatic carbocycles. The molecule has 5 heteroatoms. The maximum Gasteiger partial charge on any atom is 1.00 e. The molecular weight excluding hydrogens is 193 g/mol. The molecule has 0 aliphatic carbocycles. The summed E-state index contributed by atoms with van der Waals surface area (Å²) in [5, 5.41) is 10.9. The van der Waals surface area contributed by atoms with Crippen LogP contribution in [0.4, 0.5) is 0 Å². The van der Waals surface area contributed by atoms with Gasteiger partial charge in [-0.2, -0.15) is 4.99 Å². The number of carbonyl (C=O) groups is 1. The van der Waals surface area contributed by atoms with Gasteiger partial charge in [0.15, 0.2) is 6.08 Å². The van der Waals surface area contributed by atoms with E-state index in [1.165, 1.54) is 0 Å². The summed E-state index contributed by atoms with van der Waals surface area (Å²) in [5.41, 5.74) is -1.03. The Labute approximate surface area is 106 Å². The molecule has 1 amide bonds. The quantitative estimate of drug-likeness (QED) is 0.463. The summed E-state index contributed by atoms with van der Waals surface area (Å²) in [6.07, 6.45) is -0.757. The molecule has 0 N–H and O–H groups in total. The Morgan fingerprint density at radius 1 is 1.29 bits per heavy atom. The fourth-order valence-electron chi connectivity index (χ4n) is 1.78. The van der Waals surface area contributed by atoms with Gasteiger partial charge < -0.3 is 9.84 Å². The van der Waals surface area contributed by atoms with Crippen LogP contribution >= 0.6 is 0 Å². The van der Waals surface area contributed by atoms with E-state index in [1.807, 2.05) is 27.7 Å². The molecule has 0 aromatic rings. The van der Waals surface area contributed by atoms with E-state index < -0.39 is 17.6 Å². The van der Waals surface area contributed by atoms with Crippen molar-refractivity contribution in [2.24, 2.45) is 16.8 Å². The van der Waals surface area contributed by atoms with E-state index >= 15 is 0 Å². The minimum absolute atomic E-state index is 0. The molecule has 0 radical (unpaired) electrons. The second-order valence-electron chi connectivity index (χ2n) is 3.89. The van der Waals surface area contributed by atoms with Crippen molar-refractivity contribution in [1.82, 2.24) is 0 Å². The predicted molar refractivity (Wildman–Crippen MR) is 45.9 cm³/mol. The maximum absolute atomic E-state index is 11.5. The topological polar surface area (TPSA) is 61.7 Å². The van der Waals surface area contributed by atoms with E-state index in [-0.39, 0.29) is 41.4 Å². The fourth-order valence-corrected chi connectivity index (χ4v) is 1.78. The molecule has 0 unspecified atom stereocenters. The summed E-state index contributed by atoms with van der Waals surface area (Å²) in [5.74, 6) is -0.534. The molecular formula is C9H14NNaO3. The van der Waals surface area contributed by atoms with Gasteiger partial charge in [-0.3, -0.25) is 4.79 Å². The molecule has 1 rings (SSSR count). The number of hydrogen-bond acceptors (Lipinski definition) is 3. The van der Waals surface area contributed by atoms with Crippen LogP contribution < -0.4 is 34.7 Å². The molecule has 4 nitrogen and oxygen atoms in total. The SMILES string of the molecule is CC(C)C1(C(C)C)OC([O-])=NC1=O.[Na+]. The van der Waals surface area contributed by atoms with Crippen LogP contribution in [0.5, 0.6) is 0 Å². The normalized spacial score (nSPS) is 19.3. The van der Waals surface area contributed by atoms with Crippen LogP contribution in [0.2, 0.25) is 0 Å². The number of hydrogen-bond donors (Lipinski definition) is 0. The monoisotopic (exact) mass is 207 g/mol. The summed E-state index contributed by atoms with van der Waals surface area (Å²) in [7, 11) is 0. The van der Waals surface area contributed by atoms with E-state index in [1.54, 1.807) is 0 Å². The minimum Gasteiger partial charge on any atom is -0.583 e. The first-order chi connectivity index (χ1) is 5.91. The van der Waals surface area contributed by atoms with E-state index in [2.05, 4.69) is 4.99 Å². The van der Waals surface area contributed by atoms with Crippen LogP contribution in [0.15, 0.2) is 4.99 Å². The Bertz CT molecular complexity index is 253. The Hall–Kier alpha value is -0.0600. The molecule has 0 aromatic heterocycles. The zero-order chi connectivity index (χ0) is 10.2. The van der Waals surface area contributed by atoms with Gasteiger partial charge in [-0.1, -0.05) is 27.7 Å². The number of ether oxygens (including phenoxy) is 1. The minimum atomic E-state index is -1.03. The molecule has 0 spiro atoms. The van der Waals surface area contributed by atoms with Crippen molar-refractivity contribution in [3.8, 4) is 0 Å². The Kier molecular flexibility index (Phi) is 4.62. The van der Waals surface area contributed by atoms with Gasteiger partial charge in [0, 0.05) is 0 Å². The summed E-state index contributed by atoms with van der Waals surface area (Å²) in [6.45, 7) is 7.41. The Morgan fingerprint density at radius 2 is 1.71 bits per heavy atom. The summed E-state index contributed by atoms with van der Waals surface area (Å²) >= 11 is 0. The molecule has 0 fully saturated rings. The summed E-state index contributed by atoms with van der Waals surface area (Å²) < 4.78 is 5.03. The molecule has 1 aliphatic rings. The first-order valence-electron chi connectivity index (χ1n) is 4.40. The zero-order valence-electron chi connectivity index (χ0n) is 9.33. The van der Waals surface area contributed by atoms with Gasteiger partial charge in [0.25, 0.3) is 5.91 Å². The third kappa shape index (κ3) is 1.97. The van der Waals surface area contributed by atoms with E-state index in [9.17, 15) is 9.90 Å². The van der Waals surface area contributed by atoms with Crippen molar-refractivity contribution >= 4 is 12.0 Å². The molecule has 1 heterocycles. The van der Waals surface area contributed by atoms with Crippen LogP contribution in [0.25, 0.3) is 0 Å². The van der Waals surface area contributed by atoms with E-state index in [0.717, 1.165) is 0 Å². The van der Waals surface area contributed by atoms with Crippen molar-refractivity contribution in [3.63, 3.8) is 0 Å². The average molecular weight is 207 g/mol. The standard InChI is InChI=1S/C9H15NO3.Na/c1-5(2)9(6(3)4)7(11)10-8(12)13-9;/h5-6H,1-4H3,(H,10,11,12);/q;+1/p-1. The summed E-state index contributed by atoms with van der Waals surface area (Å²) in [4.78, 5) is 14.8. The number of carbonyl (C=O) groups excluding carboxylic acids is 1. The van der Waals surface area contributed by atoms with Gasteiger partial charge >= 0.3 is 29.6 Å². The Morgan fingerprint density at radius 3 is 1.86 bits per heavy atom. The van der Waals surface area contributed by atoms with Gasteiger partial charge in [0.2, 0.25) is 0 Å². The largest absolute Gasteiger partial charge is 1.00 e. The third-order valence-corrected chi connectivity index (χ3v) is 2.50. The maximum atomic E-state index is 11.5. The molecule has 0 saturated heterocycles. The first kappa shape index (κ1) is 13.9. The molecule has 14 heavy (non-hydrogen) atoms. The van der Waals surface area contributed by atoms with Gasteiger partial charge in [0.05, 0.1) is 0 Å². The molecule has 0 saturated carbocycles. The van der Waals surface area contributed by atoms with Crippen molar-refractivity contribution < 1.29 is 44.2 Å². The van der Waals surface area contributed by atoms with Crippen LogP contribution in [0.1, 0.15) is 27.7 Å². The van der Waals surface area contributed by atoms with Gasteiger partial charge in [0.1, 0.15) is 5.60 Å². The van der Waals surface area contributed by atoms with Crippen molar-refractivity contribution in [2.45, 2.75) is 33.3 Å². The molecule has 74 valence electrons. The van der Waals surface area contributed by atoms with Crippen molar-refractivity contribution in [1.29, 1.82) is 0 Å². The fraction of sp³-hybridized carbons (Fsp3) is 0.778. The number of nitrogens with zero attached hydrogens (tertiary/aromatic N) is 1. The number of amides is 1. The Balaban J connectivity index is 0.00000169. The average Bonchev–Trinajstić information content (AvgIpc) is 2.26. The van der Waals surface area contributed by atoms with Gasteiger partial charge in [-0.05, 0) is 11.8 Å². The predicted octanol–water partition coefficient (Wildman–Crippen LogP) is -2.69. The van der Waals surface area contributed by atoms with Crippen molar-refractivity contribution in [2.75, 3.05) is 0 Å². The summed E-state index contributed by atoms with van der Waals surface area (Å²) in [6, 6.07) is 0. The van der Waals surface area contributed by atoms with Crippen LogP contribution in [-0.4, -0.2) is 17.6 Å². The van der Waals surface area contributed by atoms with Crippen molar-refractivity contribution in [3.05, 3.63) is 0 Å². The van der Waals surface area contributed by atoms with Gasteiger partial charge in [-0.15, -0.1) is 0 Å². The molecule has 0 bridgehead atoms. The number of rotatable bonds is 2. The smallest absolute Gasteiger partial charge is 0.583 e. The van der Waals surface area contributed by atoms with E-state index in [0.29, 0.717) is 0 Å². The second kappa shape index (κ2) is 4.64. The zero-order valence-corrected chi connectivity index (χ0v) is 11.3. The first-order valence-corrected chi connectivity index (χ1v) is 4.40.